The molecule has 1 heterocycles. The molecule has 1 saturated carbocycles. The van der Waals surface area contributed by atoms with Crippen LogP contribution in [0.5, 0.6) is 0 Å². The zero-order chi connectivity index (χ0) is 8.44. The van der Waals surface area contributed by atoms with Gasteiger partial charge in [0.25, 0.3) is 0 Å². The first-order chi connectivity index (χ1) is 5.83. The predicted octanol–water partition coefficient (Wildman–Crippen LogP) is 1.93. The van der Waals surface area contributed by atoms with Crippen molar-refractivity contribution in [1.29, 1.82) is 0 Å². The van der Waals surface area contributed by atoms with Crippen LogP contribution in [-0.4, -0.2) is 19.0 Å². The highest BCUT2D eigenvalue weighted by atomic mass is 16.5. The average Bonchev–Trinajstić information content (AvgIpc) is 2.12. The van der Waals surface area contributed by atoms with Crippen molar-refractivity contribution < 1.29 is 9.53 Å². The fourth-order valence-electron chi connectivity index (χ4n) is 2.43. The van der Waals surface area contributed by atoms with E-state index in [1.54, 1.807) is 0 Å². The Kier molecular flexibility index (Phi) is 2.18. The molecule has 2 nitrogen and oxygen atoms in total. The molecule has 2 rings (SSSR count). The monoisotopic (exact) mass is 168 g/mol. The van der Waals surface area contributed by atoms with Crippen molar-refractivity contribution in [2.45, 2.75) is 38.5 Å². The molecule has 0 radical (unpaired) electrons. The van der Waals surface area contributed by atoms with E-state index < -0.39 is 0 Å². The van der Waals surface area contributed by atoms with Crippen molar-refractivity contribution in [3.05, 3.63) is 0 Å². The molecule has 0 amide bonds. The van der Waals surface area contributed by atoms with E-state index in [-0.39, 0.29) is 5.41 Å². The van der Waals surface area contributed by atoms with E-state index in [0.717, 1.165) is 12.8 Å². The Hall–Kier alpha value is -0.370. The van der Waals surface area contributed by atoms with Crippen LogP contribution < -0.4 is 0 Å². The lowest BCUT2D eigenvalue weighted by Gasteiger charge is -2.38. The molecule has 0 atom stereocenters. The lowest BCUT2D eigenvalue weighted by atomic mass is 9.70. The lowest BCUT2D eigenvalue weighted by molar-refractivity contribution is -0.143. The van der Waals surface area contributed by atoms with E-state index in [4.69, 9.17) is 4.74 Å². The summed E-state index contributed by atoms with van der Waals surface area (Å²) >= 11 is 0. The van der Waals surface area contributed by atoms with Crippen LogP contribution in [0.25, 0.3) is 0 Å². The van der Waals surface area contributed by atoms with Gasteiger partial charge in [0, 0.05) is 6.42 Å². The van der Waals surface area contributed by atoms with Crippen LogP contribution in [0.1, 0.15) is 38.5 Å². The molecular formula is C10H16O2. The van der Waals surface area contributed by atoms with Crippen molar-refractivity contribution in [2.24, 2.45) is 5.41 Å². The standard InChI is InChI=1S/C10H16O2/c11-9-4-7-12-8-10(9)5-2-1-3-6-10/h1-8H2. The van der Waals surface area contributed by atoms with E-state index >= 15 is 0 Å². The highest BCUT2D eigenvalue weighted by Gasteiger charge is 2.40. The molecule has 1 aliphatic heterocycles. The molecule has 1 spiro atoms. The summed E-state index contributed by atoms with van der Waals surface area (Å²) in [6.07, 6.45) is 6.54. The van der Waals surface area contributed by atoms with Gasteiger partial charge in [-0.2, -0.15) is 0 Å². The fourth-order valence-corrected chi connectivity index (χ4v) is 2.43. The lowest BCUT2D eigenvalue weighted by Crippen LogP contribution is -2.42. The summed E-state index contributed by atoms with van der Waals surface area (Å²) in [7, 11) is 0. The van der Waals surface area contributed by atoms with Gasteiger partial charge in [-0.05, 0) is 12.8 Å². The van der Waals surface area contributed by atoms with E-state index in [2.05, 4.69) is 0 Å². The summed E-state index contributed by atoms with van der Waals surface area (Å²) in [5, 5.41) is 0. The maximum absolute atomic E-state index is 11.7. The van der Waals surface area contributed by atoms with Crippen LogP contribution in [0, 0.1) is 5.41 Å². The summed E-state index contributed by atoms with van der Waals surface area (Å²) in [5.74, 6) is 0.466. The van der Waals surface area contributed by atoms with Crippen molar-refractivity contribution >= 4 is 5.78 Å². The van der Waals surface area contributed by atoms with Gasteiger partial charge in [-0.1, -0.05) is 19.3 Å². The molecule has 0 unspecified atom stereocenters. The number of carbonyl (C=O) groups is 1. The molecule has 12 heavy (non-hydrogen) atoms. The molecule has 2 aliphatic rings. The largest absolute Gasteiger partial charge is 0.380 e. The van der Waals surface area contributed by atoms with Gasteiger partial charge in [-0.25, -0.2) is 0 Å². The van der Waals surface area contributed by atoms with E-state index in [0.29, 0.717) is 25.4 Å². The van der Waals surface area contributed by atoms with Crippen molar-refractivity contribution in [2.75, 3.05) is 13.2 Å². The highest BCUT2D eigenvalue weighted by molar-refractivity contribution is 5.85. The Morgan fingerprint density at radius 1 is 1.17 bits per heavy atom. The van der Waals surface area contributed by atoms with Gasteiger partial charge in [0.2, 0.25) is 0 Å². The molecule has 0 aromatic rings. The average molecular weight is 168 g/mol. The number of ketones is 1. The summed E-state index contributed by atoms with van der Waals surface area (Å²) in [6.45, 7) is 1.35. The van der Waals surface area contributed by atoms with Gasteiger partial charge in [0.05, 0.1) is 18.6 Å². The number of carbonyl (C=O) groups excluding carboxylic acids is 1. The third-order valence-electron chi connectivity index (χ3n) is 3.25. The van der Waals surface area contributed by atoms with E-state index in [1.807, 2.05) is 0 Å². The van der Waals surface area contributed by atoms with Crippen molar-refractivity contribution in [3.8, 4) is 0 Å². The van der Waals surface area contributed by atoms with Gasteiger partial charge in [-0.15, -0.1) is 0 Å². The molecule has 0 aromatic heterocycles. The van der Waals surface area contributed by atoms with Crippen LogP contribution in [0.3, 0.4) is 0 Å². The Morgan fingerprint density at radius 2 is 1.92 bits per heavy atom. The number of ether oxygens (including phenoxy) is 1. The highest BCUT2D eigenvalue weighted by Crippen LogP contribution is 2.39. The maximum Gasteiger partial charge on any atom is 0.143 e. The normalized spacial score (nSPS) is 29.2. The predicted molar refractivity (Wildman–Crippen MR) is 46.0 cm³/mol. The molecule has 0 aromatic carbocycles. The molecule has 0 N–H and O–H groups in total. The number of hydrogen-bond donors (Lipinski definition) is 0. The molecule has 2 heteroatoms. The second-order valence-corrected chi connectivity index (χ2v) is 4.07. The van der Waals surface area contributed by atoms with Crippen LogP contribution in [-0.2, 0) is 9.53 Å². The summed E-state index contributed by atoms with van der Waals surface area (Å²) < 4.78 is 5.41. The number of rotatable bonds is 0. The Bertz CT molecular complexity index is 172. The molecular weight excluding hydrogens is 152 g/mol. The van der Waals surface area contributed by atoms with Gasteiger partial charge in [0.15, 0.2) is 0 Å². The van der Waals surface area contributed by atoms with Crippen LogP contribution in [0.15, 0.2) is 0 Å². The number of Topliss-reactive ketones (excluding diaryl/α,β-unsaturated/α-hetero) is 1. The Balaban J connectivity index is 2.09. The fraction of sp³-hybridized carbons (Fsp3) is 0.900. The zero-order valence-electron chi connectivity index (χ0n) is 7.47. The third kappa shape index (κ3) is 1.28. The quantitative estimate of drug-likeness (QED) is 0.552. The van der Waals surface area contributed by atoms with Crippen LogP contribution >= 0.6 is 0 Å². The third-order valence-corrected chi connectivity index (χ3v) is 3.25. The zero-order valence-corrected chi connectivity index (χ0v) is 7.47. The first-order valence-electron chi connectivity index (χ1n) is 4.95. The molecule has 1 saturated heterocycles. The minimum Gasteiger partial charge on any atom is -0.380 e. The minimum absolute atomic E-state index is 0.0451. The molecule has 68 valence electrons. The second kappa shape index (κ2) is 3.17. The first-order valence-corrected chi connectivity index (χ1v) is 4.95. The van der Waals surface area contributed by atoms with Crippen molar-refractivity contribution in [3.63, 3.8) is 0 Å². The summed E-state index contributed by atoms with van der Waals surface area (Å²) in [6, 6.07) is 0. The second-order valence-electron chi connectivity index (χ2n) is 4.07. The molecule has 1 aliphatic carbocycles. The van der Waals surface area contributed by atoms with E-state index in [1.165, 1.54) is 19.3 Å². The molecule has 0 bridgehead atoms. The van der Waals surface area contributed by atoms with Crippen LogP contribution in [0.2, 0.25) is 0 Å². The van der Waals surface area contributed by atoms with Crippen LogP contribution in [0.4, 0.5) is 0 Å². The van der Waals surface area contributed by atoms with E-state index in [9.17, 15) is 4.79 Å². The minimum atomic E-state index is -0.0451. The van der Waals surface area contributed by atoms with Gasteiger partial charge in [0.1, 0.15) is 5.78 Å². The molecule has 2 fully saturated rings. The smallest absolute Gasteiger partial charge is 0.143 e. The summed E-state index contributed by atoms with van der Waals surface area (Å²) in [5.41, 5.74) is -0.0451. The SMILES string of the molecule is O=C1CCOCC12CCCCC2. The van der Waals surface area contributed by atoms with Gasteiger partial charge in [-0.3, -0.25) is 4.79 Å². The summed E-state index contributed by atoms with van der Waals surface area (Å²) in [4.78, 5) is 11.7. The van der Waals surface area contributed by atoms with Gasteiger partial charge >= 0.3 is 0 Å². The topological polar surface area (TPSA) is 26.3 Å². The van der Waals surface area contributed by atoms with Gasteiger partial charge < -0.3 is 4.74 Å². The first kappa shape index (κ1) is 8.24. The maximum atomic E-state index is 11.7. The number of hydrogen-bond acceptors (Lipinski definition) is 2. The Labute approximate surface area is 73.3 Å². The Morgan fingerprint density at radius 3 is 2.58 bits per heavy atom. The van der Waals surface area contributed by atoms with Crippen molar-refractivity contribution in [1.82, 2.24) is 0 Å².